The summed E-state index contributed by atoms with van der Waals surface area (Å²) >= 11 is 0. The van der Waals surface area contributed by atoms with Crippen LogP contribution in [0.4, 0.5) is 13.2 Å². The van der Waals surface area contributed by atoms with Crippen molar-refractivity contribution in [2.45, 2.75) is 37.6 Å². The van der Waals surface area contributed by atoms with Gasteiger partial charge in [-0.1, -0.05) is 0 Å². The van der Waals surface area contributed by atoms with E-state index in [2.05, 4.69) is 15.0 Å². The molecule has 3 aliphatic rings. The van der Waals surface area contributed by atoms with E-state index >= 15 is 0 Å². The lowest BCUT2D eigenvalue weighted by Crippen LogP contribution is -2.59. The van der Waals surface area contributed by atoms with Gasteiger partial charge in [0.15, 0.2) is 0 Å². The van der Waals surface area contributed by atoms with E-state index in [0.29, 0.717) is 17.8 Å². The van der Waals surface area contributed by atoms with Gasteiger partial charge < -0.3 is 14.1 Å². The summed E-state index contributed by atoms with van der Waals surface area (Å²) < 4.78 is 49.7. The number of hydrogen-bond acceptors (Lipinski definition) is 6. The lowest BCUT2D eigenvalue weighted by molar-refractivity contribution is -0.137. The highest BCUT2D eigenvalue weighted by Crippen LogP contribution is 2.39. The highest BCUT2D eigenvalue weighted by Gasteiger charge is 2.45. The van der Waals surface area contributed by atoms with Gasteiger partial charge in [0.1, 0.15) is 18.1 Å². The number of hydrogen-bond donors (Lipinski definition) is 0. The van der Waals surface area contributed by atoms with Gasteiger partial charge in [-0.25, -0.2) is 9.97 Å². The normalized spacial score (nSPS) is 22.7. The summed E-state index contributed by atoms with van der Waals surface area (Å²) in [5.41, 5.74) is -0.0813. The number of halogens is 3. The smallest absolute Gasteiger partial charge is 0.417 e. The number of carbonyl (C=O) groups excluding carboxylic acids is 1. The minimum absolute atomic E-state index is 0.116. The van der Waals surface area contributed by atoms with Crippen LogP contribution in [0.5, 0.6) is 5.88 Å². The molecule has 3 fully saturated rings. The first-order valence-corrected chi connectivity index (χ1v) is 10.3. The molecule has 3 unspecified atom stereocenters. The number of carbonyl (C=O) groups is 1. The fourth-order valence-corrected chi connectivity index (χ4v) is 4.51. The van der Waals surface area contributed by atoms with Crippen molar-refractivity contribution < 1.29 is 27.1 Å². The van der Waals surface area contributed by atoms with Crippen LogP contribution < -0.4 is 4.74 Å². The van der Waals surface area contributed by atoms with Crippen molar-refractivity contribution in [3.05, 3.63) is 60.2 Å². The second-order valence-corrected chi connectivity index (χ2v) is 7.98. The van der Waals surface area contributed by atoms with Crippen molar-refractivity contribution in [3.8, 4) is 17.5 Å². The standard InChI is InChI=1S/C22H19F3N4O3/c23-22(24,25)14-4-6-18(28-11-14)32-17-10-13-3-5-16(17)29(12-13)21(30)15-2-1-7-26-19(15)20-27-8-9-31-20/h1-2,4,6-9,11,13,16-17H,3,5,10,12H2. The molecule has 3 aromatic rings. The Bertz CT molecular complexity index is 1100. The zero-order valence-corrected chi connectivity index (χ0v) is 16.8. The number of ether oxygens (including phenoxy) is 1. The first kappa shape index (κ1) is 20.5. The summed E-state index contributed by atoms with van der Waals surface area (Å²) in [5.74, 6) is 0.419. The third-order valence-electron chi connectivity index (χ3n) is 5.99. The van der Waals surface area contributed by atoms with Crippen LogP contribution in [0.1, 0.15) is 35.2 Å². The lowest BCUT2D eigenvalue weighted by atomic mass is 9.77. The molecular formula is C22H19F3N4O3. The molecule has 6 rings (SSSR count). The first-order chi connectivity index (χ1) is 15.4. The van der Waals surface area contributed by atoms with Crippen LogP contribution in [0.15, 0.2) is 53.5 Å². The van der Waals surface area contributed by atoms with Crippen molar-refractivity contribution in [2.75, 3.05) is 6.54 Å². The summed E-state index contributed by atoms with van der Waals surface area (Å²) in [4.78, 5) is 27.5. The predicted octanol–water partition coefficient (Wildman–Crippen LogP) is 4.22. The number of alkyl halides is 3. The van der Waals surface area contributed by atoms with Crippen LogP contribution in [0.25, 0.3) is 11.6 Å². The topological polar surface area (TPSA) is 81.4 Å². The highest BCUT2D eigenvalue weighted by molar-refractivity contribution is 5.99. The fraction of sp³-hybridized carbons (Fsp3) is 0.364. The van der Waals surface area contributed by atoms with E-state index in [9.17, 15) is 18.0 Å². The number of oxazole rings is 1. The Balaban J connectivity index is 1.37. The molecule has 3 aromatic heterocycles. The monoisotopic (exact) mass is 444 g/mol. The molecule has 1 saturated carbocycles. The molecular weight excluding hydrogens is 425 g/mol. The largest absolute Gasteiger partial charge is 0.472 e. The van der Waals surface area contributed by atoms with Gasteiger partial charge in [0.05, 0.1) is 23.4 Å². The van der Waals surface area contributed by atoms with E-state index in [4.69, 9.17) is 9.15 Å². The molecule has 0 aromatic carbocycles. The average molecular weight is 444 g/mol. The van der Waals surface area contributed by atoms with Crippen molar-refractivity contribution in [2.24, 2.45) is 5.92 Å². The Hall–Kier alpha value is -3.43. The van der Waals surface area contributed by atoms with Crippen molar-refractivity contribution in [1.82, 2.24) is 19.9 Å². The highest BCUT2D eigenvalue weighted by atomic mass is 19.4. The van der Waals surface area contributed by atoms with Crippen LogP contribution in [0, 0.1) is 5.92 Å². The minimum Gasteiger partial charge on any atom is -0.472 e. The number of fused-ring (bicyclic) bond motifs is 3. The third kappa shape index (κ3) is 3.80. The van der Waals surface area contributed by atoms with Gasteiger partial charge in [-0.05, 0) is 43.4 Å². The van der Waals surface area contributed by atoms with E-state index in [1.165, 1.54) is 18.5 Å². The summed E-state index contributed by atoms with van der Waals surface area (Å²) in [6.45, 7) is 0.587. The van der Waals surface area contributed by atoms with Crippen molar-refractivity contribution in [1.29, 1.82) is 0 Å². The zero-order chi connectivity index (χ0) is 22.3. The molecule has 3 atom stereocenters. The summed E-state index contributed by atoms with van der Waals surface area (Å²) in [6.07, 6.45) is 2.87. The second-order valence-electron chi connectivity index (χ2n) is 7.98. The fourth-order valence-electron chi connectivity index (χ4n) is 4.51. The molecule has 1 aliphatic carbocycles. The van der Waals surface area contributed by atoms with E-state index in [1.807, 2.05) is 0 Å². The maximum atomic E-state index is 13.5. The van der Waals surface area contributed by atoms with Crippen LogP contribution >= 0.6 is 0 Å². The third-order valence-corrected chi connectivity index (χ3v) is 5.99. The Labute approximate surface area is 181 Å². The van der Waals surface area contributed by atoms with Gasteiger partial charge in [-0.2, -0.15) is 13.2 Å². The van der Waals surface area contributed by atoms with Gasteiger partial charge in [-0.15, -0.1) is 0 Å². The molecule has 166 valence electrons. The molecule has 2 saturated heterocycles. The molecule has 10 heteroatoms. The van der Waals surface area contributed by atoms with Crippen LogP contribution in [-0.4, -0.2) is 44.4 Å². The van der Waals surface area contributed by atoms with Gasteiger partial charge in [0, 0.05) is 25.0 Å². The van der Waals surface area contributed by atoms with Crippen LogP contribution in [0.2, 0.25) is 0 Å². The minimum atomic E-state index is -4.46. The molecule has 0 spiro atoms. The molecule has 2 aliphatic heterocycles. The van der Waals surface area contributed by atoms with E-state index in [0.717, 1.165) is 31.5 Å². The van der Waals surface area contributed by atoms with Crippen LogP contribution in [0.3, 0.4) is 0 Å². The van der Waals surface area contributed by atoms with Crippen molar-refractivity contribution >= 4 is 5.91 Å². The van der Waals surface area contributed by atoms with Gasteiger partial charge >= 0.3 is 6.18 Å². The summed E-state index contributed by atoms with van der Waals surface area (Å²) in [7, 11) is 0. The van der Waals surface area contributed by atoms with E-state index < -0.39 is 11.7 Å². The number of rotatable bonds is 4. The first-order valence-electron chi connectivity index (χ1n) is 10.3. The number of aromatic nitrogens is 3. The number of piperidine rings is 2. The summed E-state index contributed by atoms with van der Waals surface area (Å²) in [5, 5.41) is 0. The molecule has 5 heterocycles. The molecule has 1 amide bonds. The number of nitrogens with zero attached hydrogens (tertiary/aromatic N) is 4. The SMILES string of the molecule is O=C(c1cccnc1-c1ncco1)N1CC2CCC1C(Oc1ccc(C(F)(F)F)cn1)C2. The average Bonchev–Trinajstić information content (AvgIpc) is 3.33. The number of amides is 1. The second kappa shape index (κ2) is 7.92. The van der Waals surface area contributed by atoms with E-state index in [-0.39, 0.29) is 35.7 Å². The molecule has 32 heavy (non-hydrogen) atoms. The van der Waals surface area contributed by atoms with E-state index in [1.54, 1.807) is 23.2 Å². The maximum Gasteiger partial charge on any atom is 0.417 e. The number of pyridine rings is 2. The van der Waals surface area contributed by atoms with Gasteiger partial charge in [0.2, 0.25) is 11.8 Å². The lowest BCUT2D eigenvalue weighted by Gasteiger charge is -2.49. The van der Waals surface area contributed by atoms with Gasteiger partial charge in [0.25, 0.3) is 5.91 Å². The predicted molar refractivity (Wildman–Crippen MR) is 106 cm³/mol. The zero-order valence-electron chi connectivity index (χ0n) is 16.8. The Morgan fingerprint density at radius 2 is 2.00 bits per heavy atom. The van der Waals surface area contributed by atoms with Crippen LogP contribution in [-0.2, 0) is 6.18 Å². The van der Waals surface area contributed by atoms with Gasteiger partial charge in [-0.3, -0.25) is 9.78 Å². The summed E-state index contributed by atoms with van der Waals surface area (Å²) in [6, 6.07) is 5.32. The van der Waals surface area contributed by atoms with Crippen molar-refractivity contribution in [3.63, 3.8) is 0 Å². The Kier molecular flexibility index (Phi) is 5.07. The molecule has 0 N–H and O–H groups in total. The maximum absolute atomic E-state index is 13.5. The Morgan fingerprint density at radius 1 is 1.12 bits per heavy atom. The Morgan fingerprint density at radius 3 is 2.69 bits per heavy atom. The molecule has 2 bridgehead atoms. The quantitative estimate of drug-likeness (QED) is 0.599. The molecule has 0 radical (unpaired) electrons. The molecule has 7 nitrogen and oxygen atoms in total.